The maximum absolute atomic E-state index is 13.7. The Labute approximate surface area is 220 Å². The summed E-state index contributed by atoms with van der Waals surface area (Å²) in [6, 6.07) is 6.69. The van der Waals surface area contributed by atoms with Gasteiger partial charge in [0.25, 0.3) is 5.91 Å². The Kier molecular flexibility index (Phi) is 9.34. The molecular formula is C26H32ClF2NO6S. The largest absolute Gasteiger partial charge is 0.391 e. The lowest BCUT2D eigenvalue weighted by atomic mass is 9.68. The molecule has 0 spiro atoms. The number of nitrogens with one attached hydrogen (secondary N) is 1. The van der Waals surface area contributed by atoms with Crippen LogP contribution in [-0.2, 0) is 14.6 Å². The van der Waals surface area contributed by atoms with Gasteiger partial charge in [0.05, 0.1) is 40.1 Å². The summed E-state index contributed by atoms with van der Waals surface area (Å²) in [5, 5.41) is 22.4. The third-order valence-electron chi connectivity index (χ3n) is 7.03. The quantitative estimate of drug-likeness (QED) is 0.414. The Morgan fingerprint density at radius 3 is 2.54 bits per heavy atom. The molecule has 0 bridgehead atoms. The number of amides is 1. The first-order chi connectivity index (χ1) is 17.3. The monoisotopic (exact) mass is 559 g/mol. The lowest BCUT2D eigenvalue weighted by Gasteiger charge is -2.47. The molecule has 11 heteroatoms. The molecule has 0 aliphatic heterocycles. The van der Waals surface area contributed by atoms with Crippen LogP contribution in [0.5, 0.6) is 0 Å². The first kappa shape index (κ1) is 29.4. The minimum absolute atomic E-state index is 0.00671. The first-order valence-corrected chi connectivity index (χ1v) is 14.0. The zero-order chi connectivity index (χ0) is 27.5. The van der Waals surface area contributed by atoms with Crippen LogP contribution >= 0.6 is 11.6 Å². The van der Waals surface area contributed by atoms with Gasteiger partial charge in [0.1, 0.15) is 0 Å². The average molecular weight is 560 g/mol. The smallest absolute Gasteiger partial charge is 0.255 e. The van der Waals surface area contributed by atoms with Crippen LogP contribution in [0.25, 0.3) is 0 Å². The van der Waals surface area contributed by atoms with Crippen LogP contribution in [0.3, 0.4) is 0 Å². The highest BCUT2D eigenvalue weighted by molar-refractivity contribution is 7.92. The normalized spacial score (nSPS) is 25.0. The van der Waals surface area contributed by atoms with Gasteiger partial charge in [0.15, 0.2) is 21.5 Å². The number of aliphatic hydroxyl groups excluding tert-OH is 1. The van der Waals surface area contributed by atoms with E-state index >= 15 is 0 Å². The summed E-state index contributed by atoms with van der Waals surface area (Å²) in [6.07, 6.45) is 0.133. The van der Waals surface area contributed by atoms with Crippen LogP contribution in [0.1, 0.15) is 50.4 Å². The van der Waals surface area contributed by atoms with Crippen molar-refractivity contribution in [3.05, 3.63) is 58.6 Å². The third-order valence-corrected chi connectivity index (χ3v) is 9.68. The minimum Gasteiger partial charge on any atom is -0.391 e. The topological polar surface area (TPSA) is 113 Å². The fraction of sp³-hybridized carbons (Fsp3) is 0.500. The highest BCUT2D eigenvalue weighted by Gasteiger charge is 2.50. The first-order valence-electron chi connectivity index (χ1n) is 12.1. The molecule has 3 N–H and O–H groups in total. The number of carbonyl (C=O) groups excluding carboxylic acids is 1. The van der Waals surface area contributed by atoms with Gasteiger partial charge in [-0.2, -0.15) is 0 Å². The second kappa shape index (κ2) is 11.7. The van der Waals surface area contributed by atoms with Gasteiger partial charge in [0.2, 0.25) is 0 Å². The molecule has 204 valence electrons. The molecule has 37 heavy (non-hydrogen) atoms. The van der Waals surface area contributed by atoms with Gasteiger partial charge in [-0.15, -0.1) is 0 Å². The predicted molar refractivity (Wildman–Crippen MR) is 136 cm³/mol. The number of aliphatic hydroxyl groups is 2. The summed E-state index contributed by atoms with van der Waals surface area (Å²) in [5.74, 6) is -3.73. The number of halogens is 3. The maximum Gasteiger partial charge on any atom is 0.255 e. The van der Waals surface area contributed by atoms with Crippen LogP contribution < -0.4 is 5.32 Å². The van der Waals surface area contributed by atoms with Crippen LogP contribution in [-0.4, -0.2) is 54.7 Å². The van der Waals surface area contributed by atoms with Gasteiger partial charge in [-0.05, 0) is 61.9 Å². The number of carbonyl (C=O) groups is 1. The summed E-state index contributed by atoms with van der Waals surface area (Å²) >= 11 is 6.27. The van der Waals surface area contributed by atoms with Gasteiger partial charge in [-0.3, -0.25) is 4.79 Å². The number of hydrogen-bond donors (Lipinski definition) is 3. The molecule has 1 unspecified atom stereocenters. The number of sulfone groups is 1. The molecule has 0 heterocycles. The molecular weight excluding hydrogens is 528 g/mol. The number of ether oxygens (including phenoxy) is 1. The predicted octanol–water partition coefficient (Wildman–Crippen LogP) is 4.60. The van der Waals surface area contributed by atoms with E-state index in [2.05, 4.69) is 5.32 Å². The van der Waals surface area contributed by atoms with E-state index in [9.17, 15) is 32.2 Å². The number of anilines is 1. The molecule has 2 aromatic carbocycles. The van der Waals surface area contributed by atoms with E-state index in [4.69, 9.17) is 16.3 Å². The van der Waals surface area contributed by atoms with Gasteiger partial charge in [-0.25, -0.2) is 17.2 Å². The number of rotatable bonds is 9. The molecule has 1 saturated carbocycles. The molecule has 1 aliphatic rings. The van der Waals surface area contributed by atoms with E-state index in [1.165, 1.54) is 24.3 Å². The van der Waals surface area contributed by atoms with Crippen molar-refractivity contribution in [3.8, 4) is 0 Å². The highest BCUT2D eigenvalue weighted by atomic mass is 35.5. The van der Waals surface area contributed by atoms with Crippen molar-refractivity contribution in [2.45, 2.75) is 61.9 Å². The second-order valence-electron chi connectivity index (χ2n) is 9.73. The molecule has 2 aromatic rings. The zero-order valence-corrected chi connectivity index (χ0v) is 22.5. The van der Waals surface area contributed by atoms with Crippen molar-refractivity contribution in [1.29, 1.82) is 0 Å². The Morgan fingerprint density at radius 2 is 1.92 bits per heavy atom. The molecule has 1 amide bonds. The van der Waals surface area contributed by atoms with Gasteiger partial charge in [0, 0.05) is 17.3 Å². The Hall–Kier alpha value is -2.11. The standard InChI is InChI=1S/C26H32ClF2NO6S/c1-4-18-11-20(9-15(2)26(18,33)14-36-13-16(3)31)37(34,35)24-10-17(5-7-21(24)27)25(32)30-19-6-8-22(28)23(29)12-19/h5-8,10,12,15-16,18,20,31,33H,4,9,11,13-14H2,1-3H3,(H,30,32)/t15-,16-,18?,20-,26-/m0/s1. The summed E-state index contributed by atoms with van der Waals surface area (Å²) in [5.41, 5.74) is -1.27. The van der Waals surface area contributed by atoms with Crippen molar-refractivity contribution >= 4 is 33.0 Å². The van der Waals surface area contributed by atoms with Gasteiger partial charge in [-0.1, -0.05) is 31.9 Å². The Morgan fingerprint density at radius 1 is 1.22 bits per heavy atom. The van der Waals surface area contributed by atoms with Crippen molar-refractivity contribution < 1.29 is 36.9 Å². The van der Waals surface area contributed by atoms with E-state index in [0.29, 0.717) is 6.42 Å². The van der Waals surface area contributed by atoms with E-state index < -0.39 is 50.3 Å². The van der Waals surface area contributed by atoms with Gasteiger partial charge >= 0.3 is 0 Å². The van der Waals surface area contributed by atoms with Crippen LogP contribution in [0.2, 0.25) is 5.02 Å². The summed E-state index contributed by atoms with van der Waals surface area (Å²) < 4.78 is 59.6. The van der Waals surface area contributed by atoms with E-state index in [0.717, 1.165) is 12.1 Å². The van der Waals surface area contributed by atoms with Crippen molar-refractivity contribution in [3.63, 3.8) is 0 Å². The summed E-state index contributed by atoms with van der Waals surface area (Å²) in [6.45, 7) is 5.24. The average Bonchev–Trinajstić information content (AvgIpc) is 2.82. The molecule has 0 saturated heterocycles. The molecule has 7 nitrogen and oxygen atoms in total. The van der Waals surface area contributed by atoms with Crippen LogP contribution in [0, 0.1) is 23.5 Å². The van der Waals surface area contributed by atoms with Crippen LogP contribution in [0.4, 0.5) is 14.5 Å². The van der Waals surface area contributed by atoms with Crippen molar-refractivity contribution in [2.24, 2.45) is 11.8 Å². The van der Waals surface area contributed by atoms with Crippen LogP contribution in [0.15, 0.2) is 41.3 Å². The molecule has 0 radical (unpaired) electrons. The van der Waals surface area contributed by atoms with E-state index in [1.54, 1.807) is 13.8 Å². The fourth-order valence-electron chi connectivity index (χ4n) is 4.86. The minimum atomic E-state index is -4.01. The second-order valence-corrected chi connectivity index (χ2v) is 12.3. The lowest BCUT2D eigenvalue weighted by molar-refractivity contribution is -0.142. The SMILES string of the molecule is CCC1C[C@@H](S(=O)(=O)c2cc(C(=O)Nc3ccc(F)c(F)c3)ccc2Cl)C[C@H](C)[C@@]1(O)COC[C@H](C)O. The molecule has 1 fully saturated rings. The lowest BCUT2D eigenvalue weighted by Crippen LogP contribution is -2.54. The van der Waals surface area contributed by atoms with Crippen molar-refractivity contribution in [2.75, 3.05) is 18.5 Å². The molecule has 1 aliphatic carbocycles. The van der Waals surface area contributed by atoms with Crippen molar-refractivity contribution in [1.82, 2.24) is 0 Å². The molecule has 3 rings (SSSR count). The van der Waals surface area contributed by atoms with E-state index in [-0.39, 0.29) is 53.1 Å². The maximum atomic E-state index is 13.7. The summed E-state index contributed by atoms with van der Waals surface area (Å²) in [7, 11) is -4.01. The molecule has 5 atom stereocenters. The Balaban J connectivity index is 1.84. The number of benzene rings is 2. The van der Waals surface area contributed by atoms with E-state index in [1.807, 2.05) is 6.92 Å². The fourth-order valence-corrected chi connectivity index (χ4v) is 7.32. The highest BCUT2D eigenvalue weighted by Crippen LogP contribution is 2.44. The number of hydrogen-bond acceptors (Lipinski definition) is 6. The van der Waals surface area contributed by atoms with Gasteiger partial charge < -0.3 is 20.3 Å². The third kappa shape index (κ3) is 6.49. The zero-order valence-electron chi connectivity index (χ0n) is 20.9. The summed E-state index contributed by atoms with van der Waals surface area (Å²) in [4.78, 5) is 12.5. The molecule has 0 aromatic heterocycles. The Bertz CT molecular complexity index is 1240.